The molecule has 10 heteroatoms. The quantitative estimate of drug-likeness (QED) is 0.243. The van der Waals surface area contributed by atoms with E-state index in [1.54, 1.807) is 41.8 Å². The van der Waals surface area contributed by atoms with Crippen molar-refractivity contribution in [1.29, 1.82) is 0 Å². The van der Waals surface area contributed by atoms with Crippen LogP contribution in [0.2, 0.25) is 0 Å². The molecule has 2 aromatic heterocycles. The molecule has 0 radical (unpaired) electrons. The van der Waals surface area contributed by atoms with Crippen LogP contribution in [-0.2, 0) is 9.59 Å². The number of aromatic nitrogens is 1. The van der Waals surface area contributed by atoms with Gasteiger partial charge in [-0.25, -0.2) is 13.8 Å². The van der Waals surface area contributed by atoms with Crippen molar-refractivity contribution < 1.29 is 28.2 Å². The molecule has 1 amide bonds. The van der Waals surface area contributed by atoms with Crippen molar-refractivity contribution >= 4 is 55.5 Å². The van der Waals surface area contributed by atoms with Gasteiger partial charge >= 0.3 is 5.91 Å². The molecule has 0 saturated carbocycles. The maximum atomic E-state index is 13.7. The van der Waals surface area contributed by atoms with Gasteiger partial charge < -0.3 is 9.84 Å². The lowest BCUT2D eigenvalue weighted by atomic mass is 10.00. The second-order valence-corrected chi connectivity index (χ2v) is 9.14. The third-order valence-corrected chi connectivity index (χ3v) is 7.17. The lowest BCUT2D eigenvalue weighted by Gasteiger charge is -2.21. The summed E-state index contributed by atoms with van der Waals surface area (Å²) in [4.78, 5) is 32.3. The molecule has 1 saturated heterocycles. The van der Waals surface area contributed by atoms with Gasteiger partial charge in [0.2, 0.25) is 0 Å². The highest BCUT2D eigenvalue weighted by Gasteiger charge is 2.48. The highest BCUT2D eigenvalue weighted by Crippen LogP contribution is 2.45. The van der Waals surface area contributed by atoms with Gasteiger partial charge in [-0.05, 0) is 29.6 Å². The average molecular weight is 485 g/mol. The van der Waals surface area contributed by atoms with Gasteiger partial charge in [-0.15, -0.1) is 11.3 Å². The molecule has 1 N–H and O–H groups in total. The van der Waals surface area contributed by atoms with Crippen LogP contribution >= 0.6 is 22.7 Å². The van der Waals surface area contributed by atoms with Crippen LogP contribution in [0.1, 0.15) is 16.5 Å². The monoisotopic (exact) mass is 484 g/mol. The van der Waals surface area contributed by atoms with Gasteiger partial charge in [-0.1, -0.05) is 29.5 Å². The Balaban J connectivity index is 1.71. The van der Waals surface area contributed by atoms with E-state index in [-0.39, 0.29) is 22.0 Å². The van der Waals surface area contributed by atoms with Crippen LogP contribution in [0.4, 0.5) is 13.9 Å². The highest BCUT2D eigenvalue weighted by molar-refractivity contribution is 7.22. The van der Waals surface area contributed by atoms with Crippen molar-refractivity contribution in [2.45, 2.75) is 6.04 Å². The first kappa shape index (κ1) is 21.2. The number of hydrogen-bond donors (Lipinski definition) is 1. The second kappa shape index (κ2) is 8.05. The number of aliphatic hydroxyl groups is 1. The number of halogens is 2. The van der Waals surface area contributed by atoms with Gasteiger partial charge in [-0.2, -0.15) is 0 Å². The number of aliphatic hydroxyl groups excluding tert-OH is 1. The number of benzene rings is 2. The standard InChI is InChI=1S/C23H14F2N2O4S2/c1-31-12-5-2-4-11(8-12)20(28)18-19(16-6-3-7-32-16)27(22(30)21(18)29)23-26-15-9-13(24)14(25)10-17(15)33-23/h2-10,19,28H,1H3/b20-18+. The lowest BCUT2D eigenvalue weighted by molar-refractivity contribution is -0.132. The van der Waals surface area contributed by atoms with Gasteiger partial charge in [0.05, 0.1) is 22.9 Å². The Morgan fingerprint density at radius 3 is 2.64 bits per heavy atom. The number of Topliss-reactive ketones (excluding diaryl/α,β-unsaturated/α-hetero) is 1. The Bertz CT molecular complexity index is 1410. The molecule has 0 bridgehead atoms. The molecular formula is C23H14F2N2O4S2. The summed E-state index contributed by atoms with van der Waals surface area (Å²) >= 11 is 2.25. The molecular weight excluding hydrogens is 470 g/mol. The lowest BCUT2D eigenvalue weighted by Crippen LogP contribution is -2.28. The molecule has 1 atom stereocenters. The van der Waals surface area contributed by atoms with Crippen LogP contribution in [0.5, 0.6) is 5.75 Å². The number of thiophene rings is 1. The summed E-state index contributed by atoms with van der Waals surface area (Å²) in [6, 6.07) is 11.0. The zero-order valence-corrected chi connectivity index (χ0v) is 18.5. The van der Waals surface area contributed by atoms with E-state index < -0.39 is 29.4 Å². The third kappa shape index (κ3) is 3.47. The normalized spacial score (nSPS) is 17.8. The minimum Gasteiger partial charge on any atom is -0.507 e. The number of ether oxygens (including phenoxy) is 1. The summed E-state index contributed by atoms with van der Waals surface area (Å²) in [6.45, 7) is 0. The van der Waals surface area contributed by atoms with Gasteiger partial charge in [0.15, 0.2) is 16.8 Å². The fraction of sp³-hybridized carbons (Fsp3) is 0.0870. The fourth-order valence-corrected chi connectivity index (χ4v) is 5.51. The summed E-state index contributed by atoms with van der Waals surface area (Å²) in [5.41, 5.74) is 0.364. The van der Waals surface area contributed by atoms with E-state index in [0.717, 1.165) is 23.5 Å². The molecule has 6 nitrogen and oxygen atoms in total. The SMILES string of the molecule is COc1cccc(/C(O)=C2\C(=O)C(=O)N(c3nc4cc(F)c(F)cc4s3)C2c2cccs2)c1. The van der Waals surface area contributed by atoms with E-state index in [2.05, 4.69) is 4.98 Å². The van der Waals surface area contributed by atoms with E-state index in [1.807, 2.05) is 0 Å². The maximum Gasteiger partial charge on any atom is 0.301 e. The van der Waals surface area contributed by atoms with Gasteiger partial charge in [-0.3, -0.25) is 14.5 Å². The molecule has 0 aliphatic carbocycles. The number of amides is 1. The summed E-state index contributed by atoms with van der Waals surface area (Å²) in [7, 11) is 1.47. The van der Waals surface area contributed by atoms with Crippen LogP contribution in [-0.4, -0.2) is 28.9 Å². The largest absolute Gasteiger partial charge is 0.507 e. The molecule has 1 aliphatic heterocycles. The topological polar surface area (TPSA) is 79.7 Å². The van der Waals surface area contributed by atoms with Gasteiger partial charge in [0.25, 0.3) is 5.78 Å². The number of ketones is 1. The Hall–Kier alpha value is -3.63. The van der Waals surface area contributed by atoms with E-state index in [9.17, 15) is 23.5 Å². The minimum absolute atomic E-state index is 0.0974. The average Bonchev–Trinajstić information content (AvgIpc) is 3.53. The molecule has 166 valence electrons. The highest BCUT2D eigenvalue weighted by atomic mass is 32.1. The van der Waals surface area contributed by atoms with E-state index in [1.165, 1.54) is 23.3 Å². The number of carbonyl (C=O) groups excluding carboxylic acids is 2. The Morgan fingerprint density at radius 1 is 1.12 bits per heavy atom. The number of anilines is 1. The van der Waals surface area contributed by atoms with Crippen molar-refractivity contribution in [3.63, 3.8) is 0 Å². The number of carbonyl (C=O) groups is 2. The number of nitrogens with zero attached hydrogens (tertiary/aromatic N) is 2. The molecule has 1 unspecified atom stereocenters. The summed E-state index contributed by atoms with van der Waals surface area (Å²) in [6.07, 6.45) is 0. The second-order valence-electron chi connectivity index (χ2n) is 7.15. The molecule has 1 aliphatic rings. The first-order valence-corrected chi connectivity index (χ1v) is 11.3. The summed E-state index contributed by atoms with van der Waals surface area (Å²) < 4.78 is 32.9. The zero-order chi connectivity index (χ0) is 23.3. The Labute approximate surface area is 194 Å². The van der Waals surface area contributed by atoms with Crippen molar-refractivity contribution in [2.24, 2.45) is 0 Å². The fourth-order valence-electron chi connectivity index (χ4n) is 3.69. The van der Waals surface area contributed by atoms with Crippen LogP contribution in [0.25, 0.3) is 16.0 Å². The van der Waals surface area contributed by atoms with Gasteiger partial charge in [0, 0.05) is 16.5 Å². The van der Waals surface area contributed by atoms with Crippen LogP contribution in [0.15, 0.2) is 59.5 Å². The van der Waals surface area contributed by atoms with Gasteiger partial charge in [0.1, 0.15) is 17.6 Å². The number of hydrogen-bond acceptors (Lipinski definition) is 7. The predicted octanol–water partition coefficient (Wildman–Crippen LogP) is 5.27. The van der Waals surface area contributed by atoms with Crippen molar-refractivity contribution in [1.82, 2.24) is 4.98 Å². The van der Waals surface area contributed by atoms with Crippen molar-refractivity contribution in [3.8, 4) is 5.75 Å². The van der Waals surface area contributed by atoms with E-state index in [4.69, 9.17) is 4.74 Å². The molecule has 0 spiro atoms. The molecule has 33 heavy (non-hydrogen) atoms. The number of methoxy groups -OCH3 is 1. The minimum atomic E-state index is -1.06. The number of rotatable bonds is 4. The molecule has 3 heterocycles. The molecule has 2 aromatic carbocycles. The zero-order valence-electron chi connectivity index (χ0n) is 16.9. The smallest absolute Gasteiger partial charge is 0.301 e. The van der Waals surface area contributed by atoms with E-state index in [0.29, 0.717) is 20.9 Å². The summed E-state index contributed by atoms with van der Waals surface area (Å²) in [5.74, 6) is -3.76. The van der Waals surface area contributed by atoms with Crippen LogP contribution in [0.3, 0.4) is 0 Å². The molecule has 1 fully saturated rings. The first-order valence-electron chi connectivity index (χ1n) is 9.63. The Kier molecular flexibility index (Phi) is 5.18. The van der Waals surface area contributed by atoms with E-state index >= 15 is 0 Å². The van der Waals surface area contributed by atoms with Crippen LogP contribution in [0, 0.1) is 11.6 Å². The molecule has 5 rings (SSSR count). The van der Waals surface area contributed by atoms with Crippen molar-refractivity contribution in [2.75, 3.05) is 12.0 Å². The predicted molar refractivity (Wildman–Crippen MR) is 122 cm³/mol. The number of thiazole rings is 1. The van der Waals surface area contributed by atoms with Crippen molar-refractivity contribution in [3.05, 3.63) is 81.6 Å². The maximum absolute atomic E-state index is 13.7. The van der Waals surface area contributed by atoms with Crippen LogP contribution < -0.4 is 9.64 Å². The number of fused-ring (bicyclic) bond motifs is 1. The third-order valence-electron chi connectivity index (χ3n) is 5.23. The Morgan fingerprint density at radius 2 is 1.91 bits per heavy atom. The molecule has 4 aromatic rings. The first-order chi connectivity index (χ1) is 15.9. The summed E-state index contributed by atoms with van der Waals surface area (Å²) in [5, 5.41) is 13.0.